The minimum absolute atomic E-state index is 0.174. The van der Waals surface area contributed by atoms with Gasteiger partial charge >= 0.3 is 0 Å². The van der Waals surface area contributed by atoms with Crippen molar-refractivity contribution in [1.29, 1.82) is 0 Å². The van der Waals surface area contributed by atoms with E-state index in [1.807, 2.05) is 30.3 Å². The van der Waals surface area contributed by atoms with Crippen LogP contribution in [0.4, 0.5) is 5.69 Å². The Labute approximate surface area is 116 Å². The summed E-state index contributed by atoms with van der Waals surface area (Å²) in [5, 5.41) is 14.6. The van der Waals surface area contributed by atoms with Crippen LogP contribution in [0.15, 0.2) is 54.6 Å². The Morgan fingerprint density at radius 1 is 1.11 bits per heavy atom. The van der Waals surface area contributed by atoms with Gasteiger partial charge in [0.25, 0.3) is 0 Å². The molecule has 5 heteroatoms. The lowest BCUT2D eigenvalue weighted by atomic mass is 10.1. The normalized spacial score (nSPS) is 11.8. The first-order valence-electron chi connectivity index (χ1n) is 5.84. The third kappa shape index (κ3) is 3.96. The minimum atomic E-state index is -0.364. The van der Waals surface area contributed by atoms with Crippen molar-refractivity contribution in [3.8, 4) is 0 Å². The van der Waals surface area contributed by atoms with Crippen molar-refractivity contribution in [3.63, 3.8) is 0 Å². The number of nitro groups is 1. The summed E-state index contributed by atoms with van der Waals surface area (Å²) >= 11 is 5.81. The van der Waals surface area contributed by atoms with Gasteiger partial charge in [0, 0.05) is 15.6 Å². The number of benzene rings is 2. The quantitative estimate of drug-likeness (QED) is 0.668. The van der Waals surface area contributed by atoms with Crippen molar-refractivity contribution in [2.24, 2.45) is 0 Å². The van der Waals surface area contributed by atoms with Crippen molar-refractivity contribution in [2.75, 3.05) is 11.9 Å². The van der Waals surface area contributed by atoms with Crippen LogP contribution in [0.5, 0.6) is 0 Å². The van der Waals surface area contributed by atoms with E-state index < -0.39 is 0 Å². The minimum Gasteiger partial charge on any atom is -0.372 e. The summed E-state index contributed by atoms with van der Waals surface area (Å²) in [4.78, 5) is 10.5. The molecule has 0 aliphatic carbocycles. The fraction of sp³-hybridized carbons (Fsp3) is 0.143. The first-order chi connectivity index (χ1) is 9.15. The molecule has 0 amide bonds. The molecule has 0 fully saturated rings. The molecule has 2 aromatic rings. The summed E-state index contributed by atoms with van der Waals surface area (Å²) in [6.45, 7) is -0.174. The highest BCUT2D eigenvalue weighted by Gasteiger charge is 2.17. The topological polar surface area (TPSA) is 55.2 Å². The largest absolute Gasteiger partial charge is 0.372 e. The fourth-order valence-electron chi connectivity index (χ4n) is 1.82. The van der Waals surface area contributed by atoms with Crippen molar-refractivity contribution < 1.29 is 4.92 Å². The lowest BCUT2D eigenvalue weighted by molar-refractivity contribution is -0.482. The number of hydrogen-bond donors (Lipinski definition) is 1. The molecule has 0 aliphatic heterocycles. The molecule has 2 rings (SSSR count). The average molecular weight is 277 g/mol. The summed E-state index contributed by atoms with van der Waals surface area (Å²) in [5.41, 5.74) is 1.69. The van der Waals surface area contributed by atoms with Gasteiger partial charge in [-0.3, -0.25) is 10.1 Å². The van der Waals surface area contributed by atoms with Crippen LogP contribution in [-0.4, -0.2) is 11.5 Å². The molecule has 0 saturated carbocycles. The van der Waals surface area contributed by atoms with Gasteiger partial charge in [0.2, 0.25) is 6.54 Å². The van der Waals surface area contributed by atoms with Crippen LogP contribution in [0, 0.1) is 10.1 Å². The van der Waals surface area contributed by atoms with Crippen LogP contribution in [-0.2, 0) is 0 Å². The van der Waals surface area contributed by atoms with E-state index >= 15 is 0 Å². The van der Waals surface area contributed by atoms with Gasteiger partial charge in [-0.15, -0.1) is 0 Å². The van der Waals surface area contributed by atoms with Crippen LogP contribution in [0.2, 0.25) is 5.02 Å². The summed E-state index contributed by atoms with van der Waals surface area (Å²) in [5.74, 6) is 0. The van der Waals surface area contributed by atoms with E-state index in [9.17, 15) is 10.1 Å². The molecule has 0 aromatic heterocycles. The van der Waals surface area contributed by atoms with Crippen LogP contribution in [0.3, 0.4) is 0 Å². The van der Waals surface area contributed by atoms with E-state index in [0.29, 0.717) is 5.02 Å². The van der Waals surface area contributed by atoms with Crippen LogP contribution in [0.25, 0.3) is 0 Å². The Morgan fingerprint density at radius 3 is 2.32 bits per heavy atom. The zero-order valence-corrected chi connectivity index (χ0v) is 10.9. The van der Waals surface area contributed by atoms with Crippen LogP contribution in [0.1, 0.15) is 11.6 Å². The summed E-state index contributed by atoms with van der Waals surface area (Å²) in [7, 11) is 0. The molecule has 0 heterocycles. The second-order valence-electron chi connectivity index (χ2n) is 4.13. The molecule has 0 saturated heterocycles. The zero-order valence-electron chi connectivity index (χ0n) is 10.1. The third-order valence-corrected chi connectivity index (χ3v) is 2.97. The molecule has 0 bridgehead atoms. The lowest BCUT2D eigenvalue weighted by Gasteiger charge is -2.16. The van der Waals surface area contributed by atoms with Gasteiger partial charge in [0.1, 0.15) is 6.04 Å². The second-order valence-corrected chi connectivity index (χ2v) is 4.57. The SMILES string of the molecule is O=[N+]([O-])CC(Nc1ccc(Cl)cc1)c1ccccc1. The first kappa shape index (κ1) is 13.4. The number of nitrogens with one attached hydrogen (secondary N) is 1. The van der Waals surface area contributed by atoms with Crippen molar-refractivity contribution in [2.45, 2.75) is 6.04 Å². The third-order valence-electron chi connectivity index (χ3n) is 2.72. The highest BCUT2D eigenvalue weighted by atomic mass is 35.5. The Bertz CT molecular complexity index is 543. The highest BCUT2D eigenvalue weighted by Crippen LogP contribution is 2.21. The first-order valence-corrected chi connectivity index (χ1v) is 6.22. The van der Waals surface area contributed by atoms with E-state index in [0.717, 1.165) is 11.3 Å². The maximum atomic E-state index is 10.8. The van der Waals surface area contributed by atoms with Gasteiger partial charge < -0.3 is 5.32 Å². The van der Waals surface area contributed by atoms with Gasteiger partial charge in [0.15, 0.2) is 0 Å². The Kier molecular flexibility index (Phi) is 4.36. The van der Waals surface area contributed by atoms with Gasteiger partial charge in [-0.05, 0) is 29.8 Å². The molecule has 1 unspecified atom stereocenters. The van der Waals surface area contributed by atoms with E-state index in [2.05, 4.69) is 5.32 Å². The number of hydrogen-bond acceptors (Lipinski definition) is 3. The fourth-order valence-corrected chi connectivity index (χ4v) is 1.94. The number of anilines is 1. The molecule has 19 heavy (non-hydrogen) atoms. The molecule has 4 nitrogen and oxygen atoms in total. The van der Waals surface area contributed by atoms with Gasteiger partial charge in [-0.1, -0.05) is 41.9 Å². The number of rotatable bonds is 5. The van der Waals surface area contributed by atoms with E-state index in [1.165, 1.54) is 0 Å². The molecular formula is C14H13ClN2O2. The molecule has 0 aliphatic rings. The highest BCUT2D eigenvalue weighted by molar-refractivity contribution is 6.30. The summed E-state index contributed by atoms with van der Waals surface area (Å²) in [6.07, 6.45) is 0. The Hall–Kier alpha value is -2.07. The van der Waals surface area contributed by atoms with Crippen molar-refractivity contribution in [3.05, 3.63) is 75.3 Å². The molecule has 0 spiro atoms. The Morgan fingerprint density at radius 2 is 1.74 bits per heavy atom. The smallest absolute Gasteiger partial charge is 0.227 e. The molecule has 1 N–H and O–H groups in total. The van der Waals surface area contributed by atoms with Crippen LogP contribution < -0.4 is 5.32 Å². The lowest BCUT2D eigenvalue weighted by Crippen LogP contribution is -2.20. The number of nitrogens with zero attached hydrogens (tertiary/aromatic N) is 1. The monoisotopic (exact) mass is 276 g/mol. The molecule has 98 valence electrons. The molecular weight excluding hydrogens is 264 g/mol. The van der Waals surface area contributed by atoms with Crippen LogP contribution >= 0.6 is 11.6 Å². The predicted octanol–water partition coefficient (Wildman–Crippen LogP) is 3.77. The molecule has 1 atom stereocenters. The number of halogens is 1. The van der Waals surface area contributed by atoms with Gasteiger partial charge in [-0.2, -0.15) is 0 Å². The average Bonchev–Trinajstić information content (AvgIpc) is 2.41. The van der Waals surface area contributed by atoms with E-state index in [4.69, 9.17) is 11.6 Å². The predicted molar refractivity (Wildman–Crippen MR) is 76.1 cm³/mol. The van der Waals surface area contributed by atoms with E-state index in [-0.39, 0.29) is 17.5 Å². The van der Waals surface area contributed by atoms with Gasteiger partial charge in [-0.25, -0.2) is 0 Å². The standard InChI is InChI=1S/C14H13ClN2O2/c15-12-6-8-13(9-7-12)16-14(10-17(18)19)11-4-2-1-3-5-11/h1-9,14,16H,10H2. The second kappa shape index (κ2) is 6.20. The van der Waals surface area contributed by atoms with Crippen molar-refractivity contribution >= 4 is 17.3 Å². The van der Waals surface area contributed by atoms with Crippen molar-refractivity contribution in [1.82, 2.24) is 0 Å². The zero-order chi connectivity index (χ0) is 13.7. The summed E-state index contributed by atoms with van der Waals surface area (Å²) in [6, 6.07) is 16.1. The van der Waals surface area contributed by atoms with E-state index in [1.54, 1.807) is 24.3 Å². The molecule has 2 aromatic carbocycles. The van der Waals surface area contributed by atoms with Gasteiger partial charge in [0.05, 0.1) is 0 Å². The maximum absolute atomic E-state index is 10.8. The Balaban J connectivity index is 2.19. The maximum Gasteiger partial charge on any atom is 0.227 e. The molecule has 0 radical (unpaired) electrons. The summed E-state index contributed by atoms with van der Waals surface area (Å²) < 4.78 is 0.